The summed E-state index contributed by atoms with van der Waals surface area (Å²) in [4.78, 5) is 9.54. The zero-order chi connectivity index (χ0) is 18.8. The van der Waals surface area contributed by atoms with Crippen LogP contribution in [0.3, 0.4) is 0 Å². The van der Waals surface area contributed by atoms with E-state index < -0.39 is 0 Å². The van der Waals surface area contributed by atoms with Crippen LogP contribution in [0.4, 0.5) is 5.69 Å². The second-order valence-corrected chi connectivity index (χ2v) is 8.26. The highest BCUT2D eigenvalue weighted by atomic mass is 15.3. The van der Waals surface area contributed by atoms with Crippen LogP contribution in [0, 0.1) is 13.8 Å². The van der Waals surface area contributed by atoms with Gasteiger partial charge in [-0.05, 0) is 64.8 Å². The second kappa shape index (κ2) is 7.97. The minimum atomic E-state index is 0.445. The summed E-state index contributed by atoms with van der Waals surface area (Å²) in [6, 6.07) is 4.40. The van der Waals surface area contributed by atoms with E-state index in [9.17, 15) is 0 Å². The molecule has 2 saturated heterocycles. The van der Waals surface area contributed by atoms with Crippen LogP contribution in [0.2, 0.25) is 0 Å². The highest BCUT2D eigenvalue weighted by Crippen LogP contribution is 2.30. The van der Waals surface area contributed by atoms with Gasteiger partial charge in [0.05, 0.1) is 6.54 Å². The van der Waals surface area contributed by atoms with Crippen molar-refractivity contribution in [2.75, 3.05) is 31.1 Å². The van der Waals surface area contributed by atoms with E-state index in [-0.39, 0.29) is 0 Å². The van der Waals surface area contributed by atoms with Crippen LogP contribution >= 0.6 is 0 Å². The molecule has 2 aliphatic rings. The SMILES string of the molecule is Cc1cc(N2CCC[C@@H](c3nnc(CN4CCCCC4)n3C)C2)cc(C)n1. The number of aromatic nitrogens is 4. The molecule has 27 heavy (non-hydrogen) atoms. The summed E-state index contributed by atoms with van der Waals surface area (Å²) in [5, 5.41) is 9.17. The molecule has 4 rings (SSSR count). The molecular formula is C21H32N6. The molecule has 0 radical (unpaired) electrons. The fourth-order valence-electron chi connectivity index (χ4n) is 4.60. The Morgan fingerprint density at radius 3 is 2.44 bits per heavy atom. The molecular weight excluding hydrogens is 336 g/mol. The Balaban J connectivity index is 1.48. The third-order valence-electron chi connectivity index (χ3n) is 6.03. The number of aryl methyl sites for hydroxylation is 2. The van der Waals surface area contributed by atoms with Gasteiger partial charge in [-0.1, -0.05) is 6.42 Å². The average molecular weight is 369 g/mol. The molecule has 146 valence electrons. The minimum absolute atomic E-state index is 0.445. The van der Waals surface area contributed by atoms with Gasteiger partial charge in [0.2, 0.25) is 0 Å². The third kappa shape index (κ3) is 4.15. The Morgan fingerprint density at radius 2 is 1.70 bits per heavy atom. The summed E-state index contributed by atoms with van der Waals surface area (Å²) in [6.45, 7) is 9.60. The van der Waals surface area contributed by atoms with Crippen molar-refractivity contribution in [1.29, 1.82) is 0 Å². The first-order chi connectivity index (χ1) is 13.1. The lowest BCUT2D eigenvalue weighted by Gasteiger charge is -2.34. The van der Waals surface area contributed by atoms with Crippen LogP contribution in [0.1, 0.15) is 61.1 Å². The quantitative estimate of drug-likeness (QED) is 0.829. The van der Waals surface area contributed by atoms with E-state index in [0.29, 0.717) is 5.92 Å². The van der Waals surface area contributed by atoms with Gasteiger partial charge in [-0.2, -0.15) is 0 Å². The minimum Gasteiger partial charge on any atom is -0.371 e. The van der Waals surface area contributed by atoms with Gasteiger partial charge < -0.3 is 9.47 Å². The van der Waals surface area contributed by atoms with Gasteiger partial charge >= 0.3 is 0 Å². The van der Waals surface area contributed by atoms with Crippen LogP contribution in [-0.4, -0.2) is 50.8 Å². The van der Waals surface area contributed by atoms with Crippen molar-refractivity contribution < 1.29 is 0 Å². The molecule has 4 heterocycles. The standard InChI is InChI=1S/C21H32N6/c1-16-12-19(13-17(2)22-16)27-11-7-8-18(14-27)21-24-23-20(25(21)3)15-26-9-5-4-6-10-26/h12-13,18H,4-11,14-15H2,1-3H3/t18-/m1/s1. The molecule has 2 aliphatic heterocycles. The van der Waals surface area contributed by atoms with Gasteiger partial charge in [0.15, 0.2) is 0 Å². The van der Waals surface area contributed by atoms with E-state index in [1.807, 2.05) is 0 Å². The van der Waals surface area contributed by atoms with Crippen LogP contribution in [-0.2, 0) is 13.6 Å². The summed E-state index contributed by atoms with van der Waals surface area (Å²) in [6.07, 6.45) is 6.38. The number of pyridine rings is 1. The molecule has 1 atom stereocenters. The van der Waals surface area contributed by atoms with E-state index in [2.05, 4.69) is 62.6 Å². The molecule has 0 spiro atoms. The highest BCUT2D eigenvalue weighted by molar-refractivity contribution is 5.49. The number of piperidine rings is 2. The summed E-state index contributed by atoms with van der Waals surface area (Å²) in [7, 11) is 2.15. The first-order valence-corrected chi connectivity index (χ1v) is 10.4. The molecule has 6 heteroatoms. The number of likely N-dealkylation sites (tertiary alicyclic amines) is 1. The molecule has 6 nitrogen and oxygen atoms in total. The van der Waals surface area contributed by atoms with E-state index in [4.69, 9.17) is 0 Å². The predicted octanol–water partition coefficient (Wildman–Crippen LogP) is 3.20. The lowest BCUT2D eigenvalue weighted by molar-refractivity contribution is 0.213. The lowest BCUT2D eigenvalue weighted by atomic mass is 9.96. The summed E-state index contributed by atoms with van der Waals surface area (Å²) < 4.78 is 2.26. The van der Waals surface area contributed by atoms with Gasteiger partial charge in [-0.3, -0.25) is 9.88 Å². The molecule has 2 aromatic heterocycles. The molecule has 0 unspecified atom stereocenters. The Kier molecular flexibility index (Phi) is 5.43. The normalized spacial score (nSPS) is 21.6. The fraction of sp³-hybridized carbons (Fsp3) is 0.667. The van der Waals surface area contributed by atoms with Gasteiger partial charge in [0.1, 0.15) is 11.6 Å². The summed E-state index contributed by atoms with van der Waals surface area (Å²) in [5.74, 6) is 2.70. The van der Waals surface area contributed by atoms with E-state index in [1.54, 1.807) is 0 Å². The van der Waals surface area contributed by atoms with Crippen LogP contribution in [0.25, 0.3) is 0 Å². The van der Waals surface area contributed by atoms with E-state index >= 15 is 0 Å². The van der Waals surface area contributed by atoms with Crippen LogP contribution in [0.5, 0.6) is 0 Å². The van der Waals surface area contributed by atoms with Gasteiger partial charge in [-0.15, -0.1) is 10.2 Å². The number of rotatable bonds is 4. The van der Waals surface area contributed by atoms with Crippen molar-refractivity contribution in [3.8, 4) is 0 Å². The Morgan fingerprint density at radius 1 is 0.963 bits per heavy atom. The molecule has 2 fully saturated rings. The van der Waals surface area contributed by atoms with Gasteiger partial charge in [-0.25, -0.2) is 0 Å². The monoisotopic (exact) mass is 368 g/mol. The van der Waals surface area contributed by atoms with Crippen molar-refractivity contribution >= 4 is 5.69 Å². The van der Waals surface area contributed by atoms with Crippen molar-refractivity contribution in [3.05, 3.63) is 35.2 Å². The van der Waals surface area contributed by atoms with E-state index in [1.165, 1.54) is 50.9 Å². The Hall–Kier alpha value is -1.95. The number of nitrogens with zero attached hydrogens (tertiary/aromatic N) is 6. The molecule has 0 aliphatic carbocycles. The maximum atomic E-state index is 4.62. The Labute approximate surface area is 162 Å². The third-order valence-corrected chi connectivity index (χ3v) is 6.03. The van der Waals surface area contributed by atoms with Crippen molar-refractivity contribution in [1.82, 2.24) is 24.6 Å². The molecule has 0 N–H and O–H groups in total. The largest absolute Gasteiger partial charge is 0.371 e. The smallest absolute Gasteiger partial charge is 0.146 e. The first-order valence-electron chi connectivity index (χ1n) is 10.4. The lowest BCUT2D eigenvalue weighted by Crippen LogP contribution is -2.35. The molecule has 0 amide bonds. The molecule has 0 aromatic carbocycles. The molecule has 0 bridgehead atoms. The number of hydrogen-bond donors (Lipinski definition) is 0. The van der Waals surface area contributed by atoms with Gasteiger partial charge in [0.25, 0.3) is 0 Å². The summed E-state index contributed by atoms with van der Waals surface area (Å²) in [5.41, 5.74) is 3.48. The van der Waals surface area contributed by atoms with Crippen molar-refractivity contribution in [2.45, 2.75) is 58.4 Å². The van der Waals surface area contributed by atoms with Crippen molar-refractivity contribution in [2.24, 2.45) is 7.05 Å². The Bertz CT molecular complexity index is 757. The van der Waals surface area contributed by atoms with Crippen LogP contribution < -0.4 is 4.90 Å². The maximum Gasteiger partial charge on any atom is 0.146 e. The fourth-order valence-corrected chi connectivity index (χ4v) is 4.60. The van der Waals surface area contributed by atoms with Crippen LogP contribution in [0.15, 0.2) is 12.1 Å². The van der Waals surface area contributed by atoms with Gasteiger partial charge in [0, 0.05) is 43.1 Å². The zero-order valence-electron chi connectivity index (χ0n) is 17.0. The molecule has 0 saturated carbocycles. The van der Waals surface area contributed by atoms with E-state index in [0.717, 1.165) is 42.7 Å². The average Bonchev–Trinajstić information content (AvgIpc) is 3.02. The predicted molar refractivity (Wildman–Crippen MR) is 108 cm³/mol. The number of hydrogen-bond acceptors (Lipinski definition) is 5. The number of anilines is 1. The first kappa shape index (κ1) is 18.4. The zero-order valence-corrected chi connectivity index (χ0v) is 17.0. The topological polar surface area (TPSA) is 50.1 Å². The molecule has 2 aromatic rings. The van der Waals surface area contributed by atoms with Crippen molar-refractivity contribution in [3.63, 3.8) is 0 Å². The summed E-state index contributed by atoms with van der Waals surface area (Å²) >= 11 is 0. The maximum absolute atomic E-state index is 4.62. The highest BCUT2D eigenvalue weighted by Gasteiger charge is 2.27. The second-order valence-electron chi connectivity index (χ2n) is 8.26.